The summed E-state index contributed by atoms with van der Waals surface area (Å²) in [5, 5.41) is 0.635. The first kappa shape index (κ1) is 18.7. The number of rotatable bonds is 4. The molecule has 2 aromatic rings. The Hall–Kier alpha value is -2.05. The van der Waals surface area contributed by atoms with Gasteiger partial charge < -0.3 is 4.90 Å². The summed E-state index contributed by atoms with van der Waals surface area (Å²) in [6, 6.07) is 12.5. The molecule has 5 nitrogen and oxygen atoms in total. The van der Waals surface area contributed by atoms with Crippen molar-refractivity contribution in [2.45, 2.75) is 25.9 Å². The summed E-state index contributed by atoms with van der Waals surface area (Å²) in [5.74, 6) is -0.113. The number of hydrogen-bond donors (Lipinski definition) is 0. The average molecular weight is 393 g/mol. The molecule has 3 rings (SSSR count). The van der Waals surface area contributed by atoms with Crippen LogP contribution in [0.5, 0.6) is 0 Å². The maximum atomic E-state index is 12.8. The zero-order valence-corrected chi connectivity index (χ0v) is 16.5. The lowest BCUT2D eigenvalue weighted by atomic mass is 10.1. The second kappa shape index (κ2) is 6.93. The molecule has 0 saturated heterocycles. The van der Waals surface area contributed by atoms with E-state index >= 15 is 0 Å². The van der Waals surface area contributed by atoms with E-state index in [0.717, 1.165) is 11.1 Å². The first-order valence-corrected chi connectivity index (χ1v) is 10.5. The number of carbonyl (C=O) groups is 1. The number of carbonyl (C=O) groups excluding carboxylic acids is 1. The van der Waals surface area contributed by atoms with Crippen LogP contribution < -0.4 is 4.31 Å². The van der Waals surface area contributed by atoms with Gasteiger partial charge in [-0.1, -0.05) is 23.7 Å². The minimum absolute atomic E-state index is 0.113. The highest BCUT2D eigenvalue weighted by atomic mass is 35.5. The molecule has 0 aromatic heterocycles. The molecule has 0 aliphatic carbocycles. The summed E-state index contributed by atoms with van der Waals surface area (Å²) in [6.45, 7) is 2.32. The number of halogens is 1. The number of fused-ring (bicyclic) bond motifs is 1. The fraction of sp³-hybridized carbons (Fsp3) is 0.316. The van der Waals surface area contributed by atoms with E-state index in [1.54, 1.807) is 36.2 Å². The summed E-state index contributed by atoms with van der Waals surface area (Å²) in [7, 11) is -1.60. The third-order valence-electron chi connectivity index (χ3n) is 4.49. The van der Waals surface area contributed by atoms with Crippen LogP contribution in [0.3, 0.4) is 0 Å². The normalized spacial score (nSPS) is 16.5. The van der Waals surface area contributed by atoms with Crippen LogP contribution >= 0.6 is 11.6 Å². The summed E-state index contributed by atoms with van der Waals surface area (Å²) >= 11 is 6.00. The van der Waals surface area contributed by atoms with Gasteiger partial charge in [-0.2, -0.15) is 0 Å². The molecule has 0 N–H and O–H groups in total. The molecule has 0 saturated carbocycles. The van der Waals surface area contributed by atoms with Crippen molar-refractivity contribution in [2.24, 2.45) is 0 Å². The Morgan fingerprint density at radius 1 is 1.27 bits per heavy atom. The number of sulfonamides is 1. The first-order chi connectivity index (χ1) is 12.2. The minimum Gasteiger partial charge on any atom is -0.337 e. The van der Waals surface area contributed by atoms with Crippen LogP contribution in [-0.2, 0) is 23.0 Å². The Labute approximate surface area is 159 Å². The van der Waals surface area contributed by atoms with Gasteiger partial charge in [0.25, 0.3) is 5.91 Å². The van der Waals surface area contributed by atoms with E-state index in [0.29, 0.717) is 29.2 Å². The van der Waals surface area contributed by atoms with Gasteiger partial charge in [-0.05, 0) is 54.8 Å². The zero-order chi connectivity index (χ0) is 19.1. The Morgan fingerprint density at radius 3 is 2.65 bits per heavy atom. The van der Waals surface area contributed by atoms with Gasteiger partial charge in [0, 0.05) is 30.2 Å². The van der Waals surface area contributed by atoms with Crippen molar-refractivity contribution >= 4 is 33.2 Å². The SMILES string of the molecule is C[C@@H]1Cc2cc(C(=O)N(C)Cc3cccc(Cl)c3)ccc2N1S(C)(=O)=O. The molecular formula is C19H21ClN2O3S. The van der Waals surface area contributed by atoms with E-state index in [9.17, 15) is 13.2 Å². The van der Waals surface area contributed by atoms with Crippen LogP contribution in [0, 0.1) is 0 Å². The molecule has 7 heteroatoms. The van der Waals surface area contributed by atoms with E-state index < -0.39 is 10.0 Å². The lowest BCUT2D eigenvalue weighted by Crippen LogP contribution is -2.34. The van der Waals surface area contributed by atoms with Gasteiger partial charge in [-0.25, -0.2) is 8.42 Å². The fourth-order valence-electron chi connectivity index (χ4n) is 3.44. The predicted octanol–water partition coefficient (Wildman–Crippen LogP) is 3.32. The van der Waals surface area contributed by atoms with E-state index in [2.05, 4.69) is 0 Å². The van der Waals surface area contributed by atoms with Crippen LogP contribution in [0.2, 0.25) is 5.02 Å². The van der Waals surface area contributed by atoms with Gasteiger partial charge in [-0.3, -0.25) is 9.10 Å². The standard InChI is InChI=1S/C19H21ClN2O3S/c1-13-9-16-11-15(7-8-18(16)22(13)26(3,24)25)19(23)21(2)12-14-5-4-6-17(20)10-14/h4-8,10-11,13H,9,12H2,1-3H3/t13-/m1/s1. The Balaban J connectivity index is 1.83. The summed E-state index contributed by atoms with van der Waals surface area (Å²) in [4.78, 5) is 14.4. The van der Waals surface area contributed by atoms with Gasteiger partial charge in [-0.15, -0.1) is 0 Å². The summed E-state index contributed by atoms with van der Waals surface area (Å²) in [6.07, 6.45) is 1.80. The van der Waals surface area contributed by atoms with Crippen LogP contribution in [-0.4, -0.2) is 38.6 Å². The molecule has 26 heavy (non-hydrogen) atoms. The fourth-order valence-corrected chi connectivity index (χ4v) is 4.92. The second-order valence-corrected chi connectivity index (χ2v) is 9.04. The van der Waals surface area contributed by atoms with E-state index in [4.69, 9.17) is 11.6 Å². The van der Waals surface area contributed by atoms with Crippen LogP contribution in [0.1, 0.15) is 28.4 Å². The quantitative estimate of drug-likeness (QED) is 0.801. The van der Waals surface area contributed by atoms with Crippen molar-refractivity contribution in [3.05, 3.63) is 64.2 Å². The second-order valence-electron chi connectivity index (χ2n) is 6.75. The predicted molar refractivity (Wildman–Crippen MR) is 104 cm³/mol. The van der Waals surface area contributed by atoms with Crippen LogP contribution in [0.15, 0.2) is 42.5 Å². The molecule has 1 aliphatic rings. The third kappa shape index (κ3) is 3.71. The van der Waals surface area contributed by atoms with E-state index in [-0.39, 0.29) is 11.9 Å². The molecule has 0 unspecified atom stereocenters. The maximum absolute atomic E-state index is 12.8. The topological polar surface area (TPSA) is 57.7 Å². The molecule has 2 aromatic carbocycles. The number of nitrogens with zero attached hydrogens (tertiary/aromatic N) is 2. The highest BCUT2D eigenvalue weighted by Gasteiger charge is 2.33. The average Bonchev–Trinajstić information content (AvgIpc) is 2.88. The van der Waals surface area contributed by atoms with Crippen molar-refractivity contribution < 1.29 is 13.2 Å². The van der Waals surface area contributed by atoms with Crippen molar-refractivity contribution in [1.82, 2.24) is 4.90 Å². The molecule has 1 atom stereocenters. The molecule has 1 aliphatic heterocycles. The third-order valence-corrected chi connectivity index (χ3v) is 6.00. The van der Waals surface area contributed by atoms with Crippen molar-refractivity contribution in [3.8, 4) is 0 Å². The maximum Gasteiger partial charge on any atom is 0.253 e. The van der Waals surface area contributed by atoms with Crippen LogP contribution in [0.25, 0.3) is 0 Å². The highest BCUT2D eigenvalue weighted by molar-refractivity contribution is 7.92. The number of hydrogen-bond acceptors (Lipinski definition) is 3. The number of anilines is 1. The lowest BCUT2D eigenvalue weighted by Gasteiger charge is -2.22. The minimum atomic E-state index is -3.33. The largest absolute Gasteiger partial charge is 0.337 e. The Kier molecular flexibility index (Phi) is 4.99. The lowest BCUT2D eigenvalue weighted by molar-refractivity contribution is 0.0785. The van der Waals surface area contributed by atoms with Crippen LogP contribution in [0.4, 0.5) is 5.69 Å². The summed E-state index contributed by atoms with van der Waals surface area (Å²) < 4.78 is 25.4. The van der Waals surface area contributed by atoms with Gasteiger partial charge in [0.2, 0.25) is 10.0 Å². The Bertz CT molecular complexity index is 959. The molecule has 1 amide bonds. The molecular weight excluding hydrogens is 372 g/mol. The molecule has 0 radical (unpaired) electrons. The monoisotopic (exact) mass is 392 g/mol. The van der Waals surface area contributed by atoms with E-state index in [1.165, 1.54) is 10.6 Å². The van der Waals surface area contributed by atoms with Crippen molar-refractivity contribution in [3.63, 3.8) is 0 Å². The molecule has 138 valence electrons. The number of amides is 1. The van der Waals surface area contributed by atoms with E-state index in [1.807, 2.05) is 25.1 Å². The van der Waals surface area contributed by atoms with Crippen molar-refractivity contribution in [2.75, 3.05) is 17.6 Å². The van der Waals surface area contributed by atoms with Crippen molar-refractivity contribution in [1.29, 1.82) is 0 Å². The molecule has 1 heterocycles. The Morgan fingerprint density at radius 2 is 2.00 bits per heavy atom. The van der Waals surface area contributed by atoms with Gasteiger partial charge in [0.15, 0.2) is 0 Å². The number of benzene rings is 2. The summed E-state index contributed by atoms with van der Waals surface area (Å²) in [5.41, 5.74) is 3.04. The molecule has 0 bridgehead atoms. The smallest absolute Gasteiger partial charge is 0.253 e. The zero-order valence-electron chi connectivity index (χ0n) is 14.9. The van der Waals surface area contributed by atoms with Gasteiger partial charge >= 0.3 is 0 Å². The van der Waals surface area contributed by atoms with Gasteiger partial charge in [0.05, 0.1) is 11.9 Å². The highest BCUT2D eigenvalue weighted by Crippen LogP contribution is 2.34. The molecule has 0 spiro atoms. The molecule has 0 fully saturated rings. The van der Waals surface area contributed by atoms with Gasteiger partial charge in [0.1, 0.15) is 0 Å². The first-order valence-electron chi connectivity index (χ1n) is 8.29.